The molecular weight excluding hydrogens is 354 g/mol. The summed E-state index contributed by atoms with van der Waals surface area (Å²) in [5.74, 6) is 0. The lowest BCUT2D eigenvalue weighted by molar-refractivity contribution is 0.346. The molecule has 0 amide bonds. The number of nitrogens with zero attached hydrogens (tertiary/aromatic N) is 1. The fraction of sp³-hybridized carbons (Fsp3) is 0.333. The highest BCUT2D eigenvalue weighted by molar-refractivity contribution is 7.92. The Kier molecular flexibility index (Phi) is 4.59. The third kappa shape index (κ3) is 3.21. The van der Waals surface area contributed by atoms with Crippen LogP contribution in [0, 0.1) is 0 Å². The van der Waals surface area contributed by atoms with Gasteiger partial charge in [0.1, 0.15) is 4.21 Å². The van der Waals surface area contributed by atoms with E-state index in [9.17, 15) is 16.8 Å². The van der Waals surface area contributed by atoms with Gasteiger partial charge < -0.3 is 0 Å². The molecule has 124 valence electrons. The lowest BCUT2D eigenvalue weighted by Crippen LogP contribution is -2.42. The van der Waals surface area contributed by atoms with Gasteiger partial charge in [-0.1, -0.05) is 24.3 Å². The van der Waals surface area contributed by atoms with E-state index in [4.69, 9.17) is 0 Å². The van der Waals surface area contributed by atoms with Crippen molar-refractivity contribution < 1.29 is 16.8 Å². The highest BCUT2D eigenvalue weighted by atomic mass is 32.2. The second-order valence-corrected chi connectivity index (χ2v) is 10.7. The minimum atomic E-state index is -3.50. The number of benzene rings is 1. The Morgan fingerprint density at radius 2 is 1.57 bits per heavy atom. The average molecular weight is 372 g/mol. The van der Waals surface area contributed by atoms with Gasteiger partial charge in [-0.05, 0) is 36.4 Å². The Hall–Kier alpha value is -1.22. The van der Waals surface area contributed by atoms with Crippen molar-refractivity contribution in [2.75, 3.05) is 13.1 Å². The first-order valence-corrected chi connectivity index (χ1v) is 11.1. The molecule has 1 aliphatic rings. The maximum atomic E-state index is 12.6. The van der Waals surface area contributed by atoms with Crippen LogP contribution < -0.4 is 0 Å². The molecule has 5 nitrogen and oxygen atoms in total. The molecule has 0 saturated carbocycles. The van der Waals surface area contributed by atoms with Gasteiger partial charge in [-0.3, -0.25) is 0 Å². The van der Waals surface area contributed by atoms with Crippen molar-refractivity contribution in [3.8, 4) is 0 Å². The molecule has 1 aliphatic heterocycles. The average Bonchev–Trinajstić information content (AvgIpc) is 3.11. The van der Waals surface area contributed by atoms with Gasteiger partial charge in [0.15, 0.2) is 9.84 Å². The van der Waals surface area contributed by atoms with Gasteiger partial charge in [-0.25, -0.2) is 16.8 Å². The van der Waals surface area contributed by atoms with Crippen LogP contribution in [0.3, 0.4) is 0 Å². The van der Waals surface area contributed by atoms with E-state index in [2.05, 4.69) is 0 Å². The van der Waals surface area contributed by atoms with Crippen LogP contribution in [0.2, 0.25) is 0 Å². The summed E-state index contributed by atoms with van der Waals surface area (Å²) < 4.78 is 51.8. The molecule has 0 N–H and O–H groups in total. The first-order valence-electron chi connectivity index (χ1n) is 7.25. The van der Waals surface area contributed by atoms with Crippen LogP contribution in [-0.2, 0) is 19.9 Å². The van der Waals surface area contributed by atoms with E-state index < -0.39 is 25.1 Å². The largest absolute Gasteiger partial charge is 0.252 e. The number of sulfonamides is 1. The molecule has 23 heavy (non-hydrogen) atoms. The standard InChI is InChI=1S/C15H17NO4S3/c17-22(18,13-5-2-1-3-6-13)14-8-10-16(11-9-14)23(19,20)15-7-4-12-21-15/h1-7,12,14H,8-11H2. The van der Waals surface area contributed by atoms with Gasteiger partial charge in [0.05, 0.1) is 10.1 Å². The Labute approximate surface area is 140 Å². The predicted molar refractivity (Wildman–Crippen MR) is 89.7 cm³/mol. The number of sulfone groups is 1. The molecule has 3 rings (SSSR count). The maximum Gasteiger partial charge on any atom is 0.252 e. The van der Waals surface area contributed by atoms with Crippen molar-refractivity contribution in [3.63, 3.8) is 0 Å². The topological polar surface area (TPSA) is 71.5 Å². The second-order valence-electron chi connectivity index (χ2n) is 5.39. The summed E-state index contributed by atoms with van der Waals surface area (Å²) in [5, 5.41) is 1.19. The summed E-state index contributed by atoms with van der Waals surface area (Å²) in [4.78, 5) is 0.305. The first-order chi connectivity index (χ1) is 10.9. The summed E-state index contributed by atoms with van der Waals surface area (Å²) >= 11 is 1.18. The van der Waals surface area contributed by atoms with E-state index in [1.807, 2.05) is 0 Å². The predicted octanol–water partition coefficient (Wildman–Crippen LogP) is 2.38. The van der Waals surface area contributed by atoms with Crippen LogP contribution in [-0.4, -0.2) is 39.5 Å². The molecule has 2 aromatic rings. The van der Waals surface area contributed by atoms with E-state index in [-0.39, 0.29) is 13.1 Å². The van der Waals surface area contributed by atoms with Crippen LogP contribution in [0.1, 0.15) is 12.8 Å². The normalized spacial score (nSPS) is 18.1. The van der Waals surface area contributed by atoms with Crippen molar-refractivity contribution >= 4 is 31.2 Å². The van der Waals surface area contributed by atoms with Gasteiger partial charge >= 0.3 is 0 Å². The van der Waals surface area contributed by atoms with Crippen molar-refractivity contribution in [2.45, 2.75) is 27.2 Å². The van der Waals surface area contributed by atoms with Crippen LogP contribution >= 0.6 is 11.3 Å². The van der Waals surface area contributed by atoms with Crippen LogP contribution in [0.5, 0.6) is 0 Å². The van der Waals surface area contributed by atoms with Crippen LogP contribution in [0.25, 0.3) is 0 Å². The highest BCUT2D eigenvalue weighted by Crippen LogP contribution is 2.28. The van der Waals surface area contributed by atoms with E-state index in [0.29, 0.717) is 21.9 Å². The van der Waals surface area contributed by atoms with Crippen molar-refractivity contribution in [1.29, 1.82) is 0 Å². The monoisotopic (exact) mass is 371 g/mol. The number of rotatable bonds is 4. The number of thiophene rings is 1. The van der Waals surface area contributed by atoms with Gasteiger partial charge in [-0.15, -0.1) is 11.3 Å². The summed E-state index contributed by atoms with van der Waals surface area (Å²) in [7, 11) is -6.90. The smallest absolute Gasteiger partial charge is 0.223 e. The molecule has 0 unspecified atom stereocenters. The SMILES string of the molecule is O=S(=O)(c1ccccc1)C1CCN(S(=O)(=O)c2cccs2)CC1. The number of piperidine rings is 1. The summed E-state index contributed by atoms with van der Waals surface area (Å²) in [6, 6.07) is 11.6. The Morgan fingerprint density at radius 1 is 0.913 bits per heavy atom. The molecule has 1 aromatic heterocycles. The minimum Gasteiger partial charge on any atom is -0.223 e. The molecule has 0 radical (unpaired) electrons. The van der Waals surface area contributed by atoms with Crippen molar-refractivity contribution in [3.05, 3.63) is 47.8 Å². The molecule has 0 bridgehead atoms. The second kappa shape index (κ2) is 6.35. The lowest BCUT2D eigenvalue weighted by Gasteiger charge is -2.30. The number of hydrogen-bond donors (Lipinski definition) is 0. The molecule has 0 aliphatic carbocycles. The molecule has 0 spiro atoms. The zero-order valence-electron chi connectivity index (χ0n) is 12.3. The zero-order valence-corrected chi connectivity index (χ0v) is 14.8. The molecule has 1 fully saturated rings. The van der Waals surface area contributed by atoms with Crippen LogP contribution in [0.15, 0.2) is 56.9 Å². The Bertz CT molecular complexity index is 851. The zero-order chi connectivity index (χ0) is 16.5. The van der Waals surface area contributed by atoms with E-state index >= 15 is 0 Å². The van der Waals surface area contributed by atoms with Gasteiger partial charge in [0, 0.05) is 13.1 Å². The molecule has 2 heterocycles. The quantitative estimate of drug-likeness (QED) is 0.827. The van der Waals surface area contributed by atoms with E-state index in [0.717, 1.165) is 0 Å². The fourth-order valence-corrected chi connectivity index (χ4v) is 7.09. The van der Waals surface area contributed by atoms with Gasteiger partial charge in [0.2, 0.25) is 0 Å². The van der Waals surface area contributed by atoms with Crippen LogP contribution in [0.4, 0.5) is 0 Å². The maximum absolute atomic E-state index is 12.6. The molecule has 0 atom stereocenters. The summed E-state index contributed by atoms with van der Waals surface area (Å²) in [6.45, 7) is 0.466. The van der Waals surface area contributed by atoms with Crippen molar-refractivity contribution in [1.82, 2.24) is 4.31 Å². The minimum absolute atomic E-state index is 0.233. The van der Waals surface area contributed by atoms with E-state index in [1.54, 1.807) is 47.8 Å². The lowest BCUT2D eigenvalue weighted by atomic mass is 10.2. The third-order valence-electron chi connectivity index (χ3n) is 4.00. The fourth-order valence-electron chi connectivity index (χ4n) is 2.72. The highest BCUT2D eigenvalue weighted by Gasteiger charge is 2.35. The third-order valence-corrected chi connectivity index (χ3v) is 9.55. The van der Waals surface area contributed by atoms with E-state index in [1.165, 1.54) is 15.6 Å². The van der Waals surface area contributed by atoms with Gasteiger partial charge in [0.25, 0.3) is 10.0 Å². The molecule has 1 aromatic carbocycles. The van der Waals surface area contributed by atoms with Crippen molar-refractivity contribution in [2.24, 2.45) is 0 Å². The molecule has 1 saturated heterocycles. The molecule has 8 heteroatoms. The van der Waals surface area contributed by atoms with Gasteiger partial charge in [-0.2, -0.15) is 4.31 Å². The Balaban J connectivity index is 1.74. The summed E-state index contributed by atoms with van der Waals surface area (Å²) in [6.07, 6.45) is 0.643. The summed E-state index contributed by atoms with van der Waals surface area (Å²) in [5.41, 5.74) is 0. The Morgan fingerprint density at radius 3 is 2.13 bits per heavy atom. The molecular formula is C15H17NO4S3. The number of hydrogen-bond acceptors (Lipinski definition) is 5. The first kappa shape index (κ1) is 16.6.